The maximum atomic E-state index is 11.7. The topological polar surface area (TPSA) is 64.2 Å². The minimum Gasteiger partial charge on any atom is -0.618 e. The molecule has 15 heavy (non-hydrogen) atoms. The summed E-state index contributed by atoms with van der Waals surface area (Å²) < 4.78 is 0.670. The van der Waals surface area contributed by atoms with Crippen molar-refractivity contribution in [2.45, 2.75) is 6.42 Å². The van der Waals surface area contributed by atoms with Crippen LogP contribution in [0, 0.1) is 5.21 Å². The van der Waals surface area contributed by atoms with Gasteiger partial charge in [-0.1, -0.05) is 12.1 Å². The third kappa shape index (κ3) is 1.74. The number of benzene rings is 1. The number of rotatable bonds is 2. The van der Waals surface area contributed by atoms with Gasteiger partial charge in [0.1, 0.15) is 6.42 Å². The predicted molar refractivity (Wildman–Crippen MR) is 54.2 cm³/mol. The van der Waals surface area contributed by atoms with E-state index in [0.717, 1.165) is 5.39 Å². The molecule has 2 rings (SSSR count). The molecule has 0 atom stereocenters. The van der Waals surface area contributed by atoms with E-state index in [9.17, 15) is 10.0 Å². The molecule has 0 amide bonds. The SMILES string of the molecule is O=C(O)Cc1ccc2ccccc2[n+]1[O-]. The summed E-state index contributed by atoms with van der Waals surface area (Å²) in [7, 11) is 0. The first kappa shape index (κ1) is 9.45. The fourth-order valence-corrected chi connectivity index (χ4v) is 1.51. The lowest BCUT2D eigenvalue weighted by Crippen LogP contribution is -2.33. The summed E-state index contributed by atoms with van der Waals surface area (Å²) in [5.74, 6) is -1.00. The van der Waals surface area contributed by atoms with Gasteiger partial charge in [-0.3, -0.25) is 4.79 Å². The standard InChI is InChI=1S/C11H9NO3/c13-11(14)7-9-6-5-8-3-1-2-4-10(8)12(9)15/h1-6H,7H2,(H,13,14). The van der Waals surface area contributed by atoms with Gasteiger partial charge in [0.05, 0.1) is 0 Å². The van der Waals surface area contributed by atoms with Gasteiger partial charge >= 0.3 is 5.97 Å². The van der Waals surface area contributed by atoms with Crippen LogP contribution in [0.4, 0.5) is 0 Å². The van der Waals surface area contributed by atoms with Gasteiger partial charge in [-0.25, -0.2) is 0 Å². The maximum absolute atomic E-state index is 11.7. The summed E-state index contributed by atoms with van der Waals surface area (Å²) in [6.07, 6.45) is -0.256. The molecule has 0 radical (unpaired) electrons. The summed E-state index contributed by atoms with van der Waals surface area (Å²) in [5, 5.41) is 21.1. The van der Waals surface area contributed by atoms with Gasteiger partial charge in [-0.15, -0.1) is 0 Å². The molecule has 0 aliphatic carbocycles. The number of para-hydroxylation sites is 1. The van der Waals surface area contributed by atoms with Crippen LogP contribution in [0.2, 0.25) is 0 Å². The van der Waals surface area contributed by atoms with Gasteiger partial charge in [0.25, 0.3) is 0 Å². The Balaban J connectivity index is 2.59. The van der Waals surface area contributed by atoms with Crippen molar-refractivity contribution in [3.05, 3.63) is 47.3 Å². The second kappa shape index (κ2) is 3.57. The summed E-state index contributed by atoms with van der Waals surface area (Å²) in [6.45, 7) is 0. The zero-order valence-electron chi connectivity index (χ0n) is 7.88. The summed E-state index contributed by atoms with van der Waals surface area (Å²) in [4.78, 5) is 10.5. The van der Waals surface area contributed by atoms with E-state index in [4.69, 9.17) is 5.11 Å². The molecule has 0 aliphatic heterocycles. The molecule has 0 saturated heterocycles. The Labute approximate surface area is 86.0 Å². The van der Waals surface area contributed by atoms with E-state index in [1.54, 1.807) is 24.3 Å². The van der Waals surface area contributed by atoms with Crippen LogP contribution >= 0.6 is 0 Å². The number of aromatic nitrogens is 1. The third-order valence-electron chi connectivity index (χ3n) is 2.20. The second-order valence-electron chi connectivity index (χ2n) is 3.25. The van der Waals surface area contributed by atoms with Crippen LogP contribution in [0.5, 0.6) is 0 Å². The van der Waals surface area contributed by atoms with Gasteiger partial charge in [-0.2, -0.15) is 4.73 Å². The number of fused-ring (bicyclic) bond motifs is 1. The Bertz CT molecular complexity index is 522. The first-order valence-electron chi connectivity index (χ1n) is 4.50. The lowest BCUT2D eigenvalue weighted by atomic mass is 10.2. The van der Waals surface area contributed by atoms with Crippen molar-refractivity contribution in [2.24, 2.45) is 0 Å². The summed E-state index contributed by atoms with van der Waals surface area (Å²) in [6, 6.07) is 10.4. The molecule has 0 aliphatic rings. The van der Waals surface area contributed by atoms with E-state index >= 15 is 0 Å². The van der Waals surface area contributed by atoms with Crippen molar-refractivity contribution in [1.82, 2.24) is 0 Å². The minimum absolute atomic E-state index is 0.251. The minimum atomic E-state index is -1.00. The number of hydrogen-bond acceptors (Lipinski definition) is 2. The van der Waals surface area contributed by atoms with E-state index in [1.807, 2.05) is 12.1 Å². The Kier molecular flexibility index (Phi) is 2.25. The zero-order chi connectivity index (χ0) is 10.8. The number of pyridine rings is 1. The quantitative estimate of drug-likeness (QED) is 0.587. The van der Waals surface area contributed by atoms with Crippen LogP contribution in [0.15, 0.2) is 36.4 Å². The van der Waals surface area contributed by atoms with Crippen LogP contribution in [0.3, 0.4) is 0 Å². The molecule has 0 fully saturated rings. The normalized spacial score (nSPS) is 10.4. The van der Waals surface area contributed by atoms with E-state index < -0.39 is 5.97 Å². The molecular weight excluding hydrogens is 194 g/mol. The second-order valence-corrected chi connectivity index (χ2v) is 3.25. The number of carboxylic acids is 1. The van der Waals surface area contributed by atoms with Crippen LogP contribution in [-0.2, 0) is 11.2 Å². The molecule has 0 spiro atoms. The average Bonchev–Trinajstić information content (AvgIpc) is 2.22. The van der Waals surface area contributed by atoms with Gasteiger partial charge in [0, 0.05) is 17.5 Å². The number of carbonyl (C=O) groups is 1. The Morgan fingerprint density at radius 2 is 2.00 bits per heavy atom. The predicted octanol–water partition coefficient (Wildman–Crippen LogP) is 1.10. The van der Waals surface area contributed by atoms with Crippen LogP contribution < -0.4 is 4.73 Å². The molecule has 1 heterocycles. The molecule has 0 unspecified atom stereocenters. The lowest BCUT2D eigenvalue weighted by Gasteiger charge is -2.05. The van der Waals surface area contributed by atoms with Crippen molar-refractivity contribution < 1.29 is 14.6 Å². The number of hydrogen-bond donors (Lipinski definition) is 1. The molecule has 1 aromatic heterocycles. The van der Waals surface area contributed by atoms with Gasteiger partial charge in [0.15, 0.2) is 0 Å². The largest absolute Gasteiger partial charge is 0.618 e. The molecule has 4 nitrogen and oxygen atoms in total. The third-order valence-corrected chi connectivity index (χ3v) is 2.20. The van der Waals surface area contributed by atoms with Crippen molar-refractivity contribution in [3.8, 4) is 0 Å². The van der Waals surface area contributed by atoms with Crippen molar-refractivity contribution in [2.75, 3.05) is 0 Å². The van der Waals surface area contributed by atoms with Gasteiger partial charge < -0.3 is 10.3 Å². The number of nitrogens with zero attached hydrogens (tertiary/aromatic N) is 1. The Morgan fingerprint density at radius 1 is 1.27 bits per heavy atom. The molecule has 76 valence electrons. The fourth-order valence-electron chi connectivity index (χ4n) is 1.51. The highest BCUT2D eigenvalue weighted by molar-refractivity contribution is 5.76. The smallest absolute Gasteiger partial charge is 0.314 e. The van der Waals surface area contributed by atoms with E-state index in [1.165, 1.54) is 0 Å². The molecule has 2 aromatic rings. The molecule has 0 saturated carbocycles. The van der Waals surface area contributed by atoms with Gasteiger partial charge in [-0.05, 0) is 12.1 Å². The highest BCUT2D eigenvalue weighted by Gasteiger charge is 2.12. The van der Waals surface area contributed by atoms with Crippen LogP contribution in [-0.4, -0.2) is 11.1 Å². The van der Waals surface area contributed by atoms with Gasteiger partial charge in [0.2, 0.25) is 11.2 Å². The number of aliphatic carboxylic acids is 1. The maximum Gasteiger partial charge on any atom is 0.314 e. The van der Waals surface area contributed by atoms with Crippen LogP contribution in [0.25, 0.3) is 10.9 Å². The van der Waals surface area contributed by atoms with Crippen molar-refractivity contribution in [3.63, 3.8) is 0 Å². The molecular formula is C11H9NO3. The lowest BCUT2D eigenvalue weighted by molar-refractivity contribution is -0.585. The Hall–Kier alpha value is -2.10. The average molecular weight is 203 g/mol. The van der Waals surface area contributed by atoms with Crippen LogP contribution in [0.1, 0.15) is 5.69 Å². The van der Waals surface area contributed by atoms with E-state index in [2.05, 4.69) is 0 Å². The first-order valence-corrected chi connectivity index (χ1v) is 4.50. The first-order chi connectivity index (χ1) is 7.18. The highest BCUT2D eigenvalue weighted by Crippen LogP contribution is 2.10. The van der Waals surface area contributed by atoms with E-state index in [0.29, 0.717) is 10.2 Å². The zero-order valence-corrected chi connectivity index (χ0v) is 7.88. The summed E-state index contributed by atoms with van der Waals surface area (Å²) in [5.41, 5.74) is 0.748. The van der Waals surface area contributed by atoms with E-state index in [-0.39, 0.29) is 12.1 Å². The number of carboxylic acid groups (broad SMARTS) is 1. The fraction of sp³-hybridized carbons (Fsp3) is 0.0909. The molecule has 4 heteroatoms. The molecule has 1 N–H and O–H groups in total. The monoisotopic (exact) mass is 203 g/mol. The highest BCUT2D eigenvalue weighted by atomic mass is 16.5. The molecule has 0 bridgehead atoms. The van der Waals surface area contributed by atoms with Crippen molar-refractivity contribution in [1.29, 1.82) is 0 Å². The molecule has 1 aromatic carbocycles. The summed E-state index contributed by atoms with van der Waals surface area (Å²) >= 11 is 0. The van der Waals surface area contributed by atoms with Crippen molar-refractivity contribution >= 4 is 16.9 Å². The Morgan fingerprint density at radius 3 is 2.73 bits per heavy atom.